The van der Waals surface area contributed by atoms with Gasteiger partial charge in [-0.25, -0.2) is 4.79 Å². The lowest BCUT2D eigenvalue weighted by atomic mass is 10.1. The van der Waals surface area contributed by atoms with Crippen LogP contribution >= 0.6 is 0 Å². The van der Waals surface area contributed by atoms with Gasteiger partial charge >= 0.3 is 24.1 Å². The third-order valence-corrected chi connectivity index (χ3v) is 5.46. The molecule has 0 saturated carbocycles. The van der Waals surface area contributed by atoms with Gasteiger partial charge < -0.3 is 28.6 Å². The van der Waals surface area contributed by atoms with Crippen molar-refractivity contribution in [3.63, 3.8) is 0 Å². The van der Waals surface area contributed by atoms with Crippen LogP contribution in [-0.2, 0) is 38.1 Å². The Kier molecular flexibility index (Phi) is 21.4. The van der Waals surface area contributed by atoms with E-state index in [1.807, 2.05) is 25.9 Å². The van der Waals surface area contributed by atoms with Crippen molar-refractivity contribution in [2.24, 2.45) is 0 Å². The molecular weight excluding hydrogens is 482 g/mol. The van der Waals surface area contributed by atoms with Crippen LogP contribution in [0, 0.1) is 0 Å². The number of hydrogen-bond donors (Lipinski definition) is 0. The highest BCUT2D eigenvalue weighted by molar-refractivity contribution is 5.71. The average molecular weight is 532 g/mol. The van der Waals surface area contributed by atoms with Gasteiger partial charge in [-0.1, -0.05) is 46.5 Å². The fourth-order valence-electron chi connectivity index (χ4n) is 3.27. The van der Waals surface area contributed by atoms with Crippen LogP contribution in [0.2, 0.25) is 0 Å². The summed E-state index contributed by atoms with van der Waals surface area (Å²) >= 11 is 0. The van der Waals surface area contributed by atoms with Gasteiger partial charge in [0, 0.05) is 25.8 Å². The Labute approximate surface area is 222 Å². The van der Waals surface area contributed by atoms with Crippen LogP contribution in [0.1, 0.15) is 97.8 Å². The fourth-order valence-corrected chi connectivity index (χ4v) is 3.27. The number of hydrogen-bond acceptors (Lipinski definition) is 10. The van der Waals surface area contributed by atoms with Crippen molar-refractivity contribution in [3.05, 3.63) is 0 Å². The Bertz CT molecular complexity index is 639. The minimum absolute atomic E-state index is 0.00560. The van der Waals surface area contributed by atoms with Crippen molar-refractivity contribution < 1.29 is 42.9 Å². The summed E-state index contributed by atoms with van der Waals surface area (Å²) in [7, 11) is 3.89. The first-order chi connectivity index (χ1) is 17.7. The Balaban J connectivity index is 4.81. The predicted molar refractivity (Wildman–Crippen MR) is 139 cm³/mol. The lowest BCUT2D eigenvalue weighted by Gasteiger charge is -2.20. The molecule has 37 heavy (non-hydrogen) atoms. The Morgan fingerprint density at radius 2 is 1.32 bits per heavy atom. The van der Waals surface area contributed by atoms with Crippen LogP contribution in [0.25, 0.3) is 0 Å². The molecule has 0 aromatic carbocycles. The molecule has 0 spiro atoms. The zero-order valence-electron chi connectivity index (χ0n) is 23.6. The van der Waals surface area contributed by atoms with Gasteiger partial charge in [0.1, 0.15) is 19.3 Å². The molecule has 0 aliphatic heterocycles. The van der Waals surface area contributed by atoms with Gasteiger partial charge in [-0.05, 0) is 46.2 Å². The van der Waals surface area contributed by atoms with E-state index in [4.69, 9.17) is 23.7 Å². The molecule has 10 heteroatoms. The second kappa shape index (κ2) is 22.8. The quantitative estimate of drug-likeness (QED) is 0.109. The molecule has 0 fully saturated rings. The molecule has 0 N–H and O–H groups in total. The number of carbonyl (C=O) groups excluding carboxylic acids is 4. The van der Waals surface area contributed by atoms with Crippen molar-refractivity contribution in [2.45, 2.75) is 110 Å². The molecule has 0 amide bonds. The summed E-state index contributed by atoms with van der Waals surface area (Å²) < 4.78 is 26.4. The maximum atomic E-state index is 12.5. The van der Waals surface area contributed by atoms with Crippen LogP contribution in [0.5, 0.6) is 0 Å². The topological polar surface area (TPSA) is 118 Å². The van der Waals surface area contributed by atoms with Gasteiger partial charge in [-0.3, -0.25) is 14.4 Å². The summed E-state index contributed by atoms with van der Waals surface area (Å²) in [5.74, 6) is -1.39. The summed E-state index contributed by atoms with van der Waals surface area (Å²) in [5.41, 5.74) is 0. The fraction of sp³-hybridized carbons (Fsp3) is 0.852. The van der Waals surface area contributed by atoms with Crippen LogP contribution in [0.15, 0.2) is 0 Å². The summed E-state index contributed by atoms with van der Waals surface area (Å²) in [6, 6.07) is 0. The number of carbonyl (C=O) groups is 4. The Morgan fingerprint density at radius 1 is 0.649 bits per heavy atom. The molecule has 0 saturated heterocycles. The monoisotopic (exact) mass is 531 g/mol. The second-order valence-electron chi connectivity index (χ2n) is 9.32. The van der Waals surface area contributed by atoms with Crippen molar-refractivity contribution in [2.75, 3.05) is 40.5 Å². The molecule has 0 heterocycles. The van der Waals surface area contributed by atoms with E-state index in [1.165, 1.54) is 0 Å². The van der Waals surface area contributed by atoms with Gasteiger partial charge in [0.05, 0.1) is 6.61 Å². The average Bonchev–Trinajstić information content (AvgIpc) is 2.87. The molecule has 0 aliphatic rings. The van der Waals surface area contributed by atoms with Crippen LogP contribution in [0.3, 0.4) is 0 Å². The largest absolute Gasteiger partial charge is 0.508 e. The summed E-state index contributed by atoms with van der Waals surface area (Å²) in [6.45, 7) is 6.40. The minimum Gasteiger partial charge on any atom is -0.462 e. The van der Waals surface area contributed by atoms with E-state index >= 15 is 0 Å². The second-order valence-corrected chi connectivity index (χ2v) is 9.32. The molecule has 2 unspecified atom stereocenters. The SMILES string of the molecule is CCCCCCC(CCC(=O)OC(COC(=O)CC)COC(=O)CCCC)OC(=O)OCCCN(C)C. The van der Waals surface area contributed by atoms with Crippen molar-refractivity contribution in [3.8, 4) is 0 Å². The summed E-state index contributed by atoms with van der Waals surface area (Å²) in [4.78, 5) is 50.1. The molecule has 0 aromatic heterocycles. The summed E-state index contributed by atoms with van der Waals surface area (Å²) in [6.07, 6.45) is 5.50. The van der Waals surface area contributed by atoms with Crippen LogP contribution in [0.4, 0.5) is 4.79 Å². The standard InChI is InChI=1S/C27H49NO9/c1-6-9-11-12-14-22(37-27(32)33-19-13-18-28(4)5)16-17-26(31)36-23(20-34-24(29)8-3)21-35-25(30)15-10-7-2/h22-23H,6-21H2,1-5H3. The van der Waals surface area contributed by atoms with E-state index in [1.54, 1.807) is 6.92 Å². The van der Waals surface area contributed by atoms with Gasteiger partial charge in [0.2, 0.25) is 0 Å². The van der Waals surface area contributed by atoms with Gasteiger partial charge in [0.25, 0.3) is 0 Å². The lowest BCUT2D eigenvalue weighted by molar-refractivity contribution is -0.167. The zero-order chi connectivity index (χ0) is 27.9. The highest BCUT2D eigenvalue weighted by atomic mass is 16.7. The van der Waals surface area contributed by atoms with Crippen molar-refractivity contribution in [1.82, 2.24) is 4.90 Å². The first-order valence-electron chi connectivity index (χ1n) is 13.7. The molecule has 216 valence electrons. The Morgan fingerprint density at radius 3 is 1.95 bits per heavy atom. The smallest absolute Gasteiger partial charge is 0.462 e. The minimum atomic E-state index is -0.904. The van der Waals surface area contributed by atoms with Gasteiger partial charge in [-0.2, -0.15) is 0 Å². The number of unbranched alkanes of at least 4 members (excludes halogenated alkanes) is 4. The van der Waals surface area contributed by atoms with E-state index in [2.05, 4.69) is 6.92 Å². The molecule has 0 radical (unpaired) electrons. The van der Waals surface area contributed by atoms with E-state index < -0.39 is 36.3 Å². The third kappa shape index (κ3) is 21.4. The molecule has 0 aliphatic carbocycles. The summed E-state index contributed by atoms with van der Waals surface area (Å²) in [5, 5.41) is 0. The van der Waals surface area contributed by atoms with E-state index in [-0.39, 0.29) is 45.5 Å². The molecule has 10 nitrogen and oxygen atoms in total. The molecule has 0 aromatic rings. The van der Waals surface area contributed by atoms with Crippen LogP contribution < -0.4 is 0 Å². The van der Waals surface area contributed by atoms with Crippen molar-refractivity contribution >= 4 is 24.1 Å². The number of ether oxygens (including phenoxy) is 5. The highest BCUT2D eigenvalue weighted by Gasteiger charge is 2.22. The first-order valence-corrected chi connectivity index (χ1v) is 13.7. The number of rotatable bonds is 22. The number of nitrogens with zero attached hydrogens (tertiary/aromatic N) is 1. The normalized spacial score (nSPS) is 12.5. The predicted octanol–water partition coefficient (Wildman–Crippen LogP) is 4.81. The zero-order valence-corrected chi connectivity index (χ0v) is 23.6. The number of esters is 3. The Hall–Kier alpha value is -2.36. The molecule has 0 rings (SSSR count). The third-order valence-electron chi connectivity index (χ3n) is 5.46. The van der Waals surface area contributed by atoms with Crippen molar-refractivity contribution in [1.29, 1.82) is 0 Å². The van der Waals surface area contributed by atoms with Gasteiger partial charge in [-0.15, -0.1) is 0 Å². The maximum absolute atomic E-state index is 12.5. The van der Waals surface area contributed by atoms with E-state index in [0.29, 0.717) is 19.3 Å². The van der Waals surface area contributed by atoms with Gasteiger partial charge in [0.15, 0.2) is 6.10 Å². The highest BCUT2D eigenvalue weighted by Crippen LogP contribution is 2.15. The van der Waals surface area contributed by atoms with E-state index in [0.717, 1.165) is 38.6 Å². The first kappa shape index (κ1) is 34.6. The molecule has 0 bridgehead atoms. The molecular formula is C27H49NO9. The maximum Gasteiger partial charge on any atom is 0.508 e. The van der Waals surface area contributed by atoms with Crippen LogP contribution in [-0.4, -0.2) is 81.6 Å². The van der Waals surface area contributed by atoms with E-state index in [9.17, 15) is 19.2 Å². The molecule has 2 atom stereocenters. The lowest BCUT2D eigenvalue weighted by Crippen LogP contribution is -2.31.